The molecule has 0 spiro atoms. The van der Waals surface area contributed by atoms with Crippen LogP contribution in [0.25, 0.3) is 16.2 Å². The van der Waals surface area contributed by atoms with Gasteiger partial charge in [-0.1, -0.05) is 24.3 Å². The summed E-state index contributed by atoms with van der Waals surface area (Å²) in [6, 6.07) is 12.8. The predicted octanol–water partition coefficient (Wildman–Crippen LogP) is 4.33. The Morgan fingerprint density at radius 1 is 1.11 bits per heavy atom. The topological polar surface area (TPSA) is 64.9 Å². The van der Waals surface area contributed by atoms with Gasteiger partial charge in [-0.2, -0.15) is 0 Å². The number of para-hydroxylation sites is 2. The van der Waals surface area contributed by atoms with Gasteiger partial charge in [-0.25, -0.2) is 4.98 Å². The molecule has 0 saturated heterocycles. The molecule has 7 heteroatoms. The molecular formula is C20H17N3O3S. The van der Waals surface area contributed by atoms with Gasteiger partial charge >= 0.3 is 0 Å². The molecule has 27 heavy (non-hydrogen) atoms. The van der Waals surface area contributed by atoms with Crippen LogP contribution in [0.5, 0.6) is 11.5 Å². The van der Waals surface area contributed by atoms with Gasteiger partial charge in [-0.05, 0) is 18.2 Å². The number of methoxy groups -OCH3 is 2. The molecule has 1 N–H and O–H groups in total. The normalized spacial score (nSPS) is 10.7. The van der Waals surface area contributed by atoms with Crippen molar-refractivity contribution in [3.8, 4) is 22.8 Å². The van der Waals surface area contributed by atoms with Gasteiger partial charge in [0.2, 0.25) is 0 Å². The molecule has 0 bridgehead atoms. The highest BCUT2D eigenvalue weighted by molar-refractivity contribution is 7.15. The quantitative estimate of drug-likeness (QED) is 0.560. The summed E-state index contributed by atoms with van der Waals surface area (Å²) >= 11 is 1.56. The molecule has 0 aliphatic carbocycles. The van der Waals surface area contributed by atoms with E-state index in [2.05, 4.69) is 10.3 Å². The summed E-state index contributed by atoms with van der Waals surface area (Å²) in [4.78, 5) is 18.4. The standard InChI is InChI=1S/C20H17N3O3S/c1-25-17-9-5-7-14(18(17)26-2)19(24)21-15-8-4-3-6-13(15)16-12-23-10-11-27-20(23)22-16/h3-12H,1-2H3,(H,21,24). The number of rotatable bonds is 5. The van der Waals surface area contributed by atoms with Crippen molar-refractivity contribution in [2.45, 2.75) is 0 Å². The first-order valence-corrected chi connectivity index (χ1v) is 9.13. The fourth-order valence-electron chi connectivity index (χ4n) is 2.93. The van der Waals surface area contributed by atoms with Gasteiger partial charge in [0, 0.05) is 23.3 Å². The third-order valence-electron chi connectivity index (χ3n) is 4.19. The zero-order valence-corrected chi connectivity index (χ0v) is 15.6. The first kappa shape index (κ1) is 17.1. The van der Waals surface area contributed by atoms with E-state index < -0.39 is 0 Å². The Hall–Kier alpha value is -3.32. The van der Waals surface area contributed by atoms with E-state index in [9.17, 15) is 4.79 Å². The minimum atomic E-state index is -0.278. The fourth-order valence-corrected chi connectivity index (χ4v) is 3.63. The number of imidazole rings is 1. The lowest BCUT2D eigenvalue weighted by Crippen LogP contribution is -2.14. The van der Waals surface area contributed by atoms with Crippen molar-refractivity contribution in [2.24, 2.45) is 0 Å². The Morgan fingerprint density at radius 3 is 2.74 bits per heavy atom. The molecule has 1 amide bonds. The number of hydrogen-bond acceptors (Lipinski definition) is 5. The van der Waals surface area contributed by atoms with Crippen LogP contribution in [0.3, 0.4) is 0 Å². The summed E-state index contributed by atoms with van der Waals surface area (Å²) in [5.74, 6) is 0.629. The number of aromatic nitrogens is 2. The molecule has 0 aliphatic rings. The van der Waals surface area contributed by atoms with Crippen LogP contribution >= 0.6 is 11.3 Å². The average Bonchev–Trinajstić information content (AvgIpc) is 3.29. The Morgan fingerprint density at radius 2 is 1.96 bits per heavy atom. The van der Waals surface area contributed by atoms with Crippen LogP contribution in [0.2, 0.25) is 0 Å². The number of amides is 1. The molecule has 4 aromatic rings. The summed E-state index contributed by atoms with van der Waals surface area (Å²) in [6.45, 7) is 0. The van der Waals surface area contributed by atoms with E-state index in [-0.39, 0.29) is 5.91 Å². The van der Waals surface area contributed by atoms with Crippen LogP contribution < -0.4 is 14.8 Å². The second kappa shape index (κ2) is 7.13. The van der Waals surface area contributed by atoms with Crippen LogP contribution in [0.15, 0.2) is 60.2 Å². The number of ether oxygens (including phenoxy) is 2. The van der Waals surface area contributed by atoms with Crippen molar-refractivity contribution in [2.75, 3.05) is 19.5 Å². The summed E-state index contributed by atoms with van der Waals surface area (Å²) in [7, 11) is 3.06. The lowest BCUT2D eigenvalue weighted by atomic mass is 10.1. The Kier molecular flexibility index (Phi) is 4.52. The Balaban J connectivity index is 1.70. The van der Waals surface area contributed by atoms with Crippen molar-refractivity contribution in [3.05, 3.63) is 65.8 Å². The average molecular weight is 379 g/mol. The summed E-state index contributed by atoms with van der Waals surface area (Å²) in [6.07, 6.45) is 3.90. The molecular weight excluding hydrogens is 362 g/mol. The van der Waals surface area contributed by atoms with E-state index in [0.29, 0.717) is 22.7 Å². The van der Waals surface area contributed by atoms with Gasteiger partial charge in [0.05, 0.1) is 31.2 Å². The van der Waals surface area contributed by atoms with Crippen LogP contribution in [-0.4, -0.2) is 29.5 Å². The van der Waals surface area contributed by atoms with E-state index >= 15 is 0 Å². The number of nitrogens with zero attached hydrogens (tertiary/aromatic N) is 2. The maximum Gasteiger partial charge on any atom is 0.259 e. The zero-order chi connectivity index (χ0) is 18.8. The number of nitrogens with one attached hydrogen (secondary N) is 1. The van der Waals surface area contributed by atoms with Crippen LogP contribution in [0, 0.1) is 0 Å². The molecule has 0 aliphatic heterocycles. The first-order chi connectivity index (χ1) is 13.2. The monoisotopic (exact) mass is 379 g/mol. The second-order valence-corrected chi connectivity index (χ2v) is 6.63. The Bertz CT molecular complexity index is 1090. The molecule has 2 aromatic heterocycles. The van der Waals surface area contributed by atoms with E-state index in [4.69, 9.17) is 9.47 Å². The predicted molar refractivity (Wildman–Crippen MR) is 106 cm³/mol. The fraction of sp³-hybridized carbons (Fsp3) is 0.100. The largest absolute Gasteiger partial charge is 0.493 e. The highest BCUT2D eigenvalue weighted by atomic mass is 32.1. The molecule has 0 unspecified atom stereocenters. The molecule has 0 fully saturated rings. The van der Waals surface area contributed by atoms with Crippen molar-refractivity contribution in [1.82, 2.24) is 9.38 Å². The van der Waals surface area contributed by atoms with Gasteiger partial charge in [-0.3, -0.25) is 9.20 Å². The van der Waals surface area contributed by atoms with E-state index in [1.165, 1.54) is 7.11 Å². The first-order valence-electron chi connectivity index (χ1n) is 8.25. The SMILES string of the molecule is COc1cccc(C(=O)Nc2ccccc2-c2cn3ccsc3n2)c1OC. The molecule has 0 radical (unpaired) electrons. The van der Waals surface area contributed by atoms with E-state index in [1.54, 1.807) is 36.6 Å². The highest BCUT2D eigenvalue weighted by Crippen LogP contribution is 2.33. The molecule has 2 aromatic carbocycles. The smallest absolute Gasteiger partial charge is 0.259 e. The van der Waals surface area contributed by atoms with Gasteiger partial charge < -0.3 is 14.8 Å². The summed E-state index contributed by atoms with van der Waals surface area (Å²) < 4.78 is 12.6. The minimum Gasteiger partial charge on any atom is -0.493 e. The Labute approximate surface area is 160 Å². The summed E-state index contributed by atoms with van der Waals surface area (Å²) in [5.41, 5.74) is 2.73. The number of fused-ring (bicyclic) bond motifs is 1. The number of benzene rings is 2. The molecule has 0 atom stereocenters. The van der Waals surface area contributed by atoms with Crippen molar-refractivity contribution >= 4 is 27.9 Å². The van der Waals surface area contributed by atoms with Crippen molar-refractivity contribution in [1.29, 1.82) is 0 Å². The zero-order valence-electron chi connectivity index (χ0n) is 14.8. The van der Waals surface area contributed by atoms with Crippen LogP contribution in [0.4, 0.5) is 5.69 Å². The number of anilines is 1. The minimum absolute atomic E-state index is 0.278. The maximum atomic E-state index is 12.9. The molecule has 6 nitrogen and oxygen atoms in total. The van der Waals surface area contributed by atoms with Crippen LogP contribution in [-0.2, 0) is 0 Å². The van der Waals surface area contributed by atoms with Crippen molar-refractivity contribution < 1.29 is 14.3 Å². The molecule has 4 rings (SSSR count). The highest BCUT2D eigenvalue weighted by Gasteiger charge is 2.18. The number of carbonyl (C=O) groups is 1. The number of thiazole rings is 1. The van der Waals surface area contributed by atoms with Crippen LogP contribution in [0.1, 0.15) is 10.4 Å². The van der Waals surface area contributed by atoms with Gasteiger partial charge in [0.15, 0.2) is 16.5 Å². The van der Waals surface area contributed by atoms with Gasteiger partial charge in [-0.15, -0.1) is 11.3 Å². The van der Waals surface area contributed by atoms with Gasteiger partial charge in [0.25, 0.3) is 5.91 Å². The van der Waals surface area contributed by atoms with E-state index in [0.717, 1.165) is 16.2 Å². The van der Waals surface area contributed by atoms with Gasteiger partial charge in [0.1, 0.15) is 0 Å². The summed E-state index contributed by atoms with van der Waals surface area (Å²) in [5, 5.41) is 4.95. The number of hydrogen-bond donors (Lipinski definition) is 1. The lowest BCUT2D eigenvalue weighted by Gasteiger charge is -2.14. The maximum absolute atomic E-state index is 12.9. The van der Waals surface area contributed by atoms with E-state index in [1.807, 2.05) is 46.4 Å². The second-order valence-electron chi connectivity index (χ2n) is 5.76. The lowest BCUT2D eigenvalue weighted by molar-refractivity contribution is 0.102. The number of carbonyl (C=O) groups excluding carboxylic acids is 1. The molecule has 136 valence electrons. The third-order valence-corrected chi connectivity index (χ3v) is 4.96. The third kappa shape index (κ3) is 3.13. The molecule has 2 heterocycles. The van der Waals surface area contributed by atoms with Crippen molar-refractivity contribution in [3.63, 3.8) is 0 Å². The molecule has 0 saturated carbocycles.